The van der Waals surface area contributed by atoms with E-state index in [0.29, 0.717) is 5.56 Å². The van der Waals surface area contributed by atoms with Crippen molar-refractivity contribution >= 4 is 23.8 Å². The van der Waals surface area contributed by atoms with Gasteiger partial charge in [-0.05, 0) is 42.9 Å². The van der Waals surface area contributed by atoms with E-state index < -0.39 is 24.0 Å². The van der Waals surface area contributed by atoms with Gasteiger partial charge in [0.2, 0.25) is 0 Å². The highest BCUT2D eigenvalue weighted by Crippen LogP contribution is 2.22. The fourth-order valence-electron chi connectivity index (χ4n) is 3.32. The summed E-state index contributed by atoms with van der Waals surface area (Å²) in [6, 6.07) is 6.82. The number of imide groups is 1. The van der Waals surface area contributed by atoms with Crippen molar-refractivity contribution in [1.29, 1.82) is 0 Å². The Kier molecular flexibility index (Phi) is 8.59. The summed E-state index contributed by atoms with van der Waals surface area (Å²) in [5.74, 6) is -1.61. The minimum absolute atomic E-state index is 0.00106. The second kappa shape index (κ2) is 10.9. The summed E-state index contributed by atoms with van der Waals surface area (Å²) in [6.07, 6.45) is 2.73. The molecule has 0 heterocycles. The van der Waals surface area contributed by atoms with E-state index in [1.54, 1.807) is 12.1 Å². The van der Waals surface area contributed by atoms with Gasteiger partial charge in [0.15, 0.2) is 6.10 Å². The van der Waals surface area contributed by atoms with Crippen LogP contribution in [0.15, 0.2) is 24.3 Å². The molecule has 1 aliphatic carbocycles. The van der Waals surface area contributed by atoms with Gasteiger partial charge >= 0.3 is 12.0 Å². The minimum Gasteiger partial charge on any atom is -0.452 e. The second-order valence-corrected chi connectivity index (χ2v) is 8.91. The van der Waals surface area contributed by atoms with E-state index in [1.165, 1.54) is 6.92 Å². The van der Waals surface area contributed by atoms with Crippen molar-refractivity contribution in [3.8, 4) is 0 Å². The molecule has 8 nitrogen and oxygen atoms in total. The molecule has 1 fully saturated rings. The third-order valence-corrected chi connectivity index (χ3v) is 5.23. The molecule has 4 amide bonds. The smallest absolute Gasteiger partial charge is 0.321 e. The highest BCUT2D eigenvalue weighted by Gasteiger charge is 2.22. The van der Waals surface area contributed by atoms with Gasteiger partial charge in [0.1, 0.15) is 0 Å². The summed E-state index contributed by atoms with van der Waals surface area (Å²) >= 11 is 0. The number of benzene rings is 1. The van der Waals surface area contributed by atoms with Crippen LogP contribution in [0, 0.1) is 0 Å². The molecule has 0 unspecified atom stereocenters. The van der Waals surface area contributed by atoms with Crippen molar-refractivity contribution in [3.05, 3.63) is 35.4 Å². The molecule has 8 heteroatoms. The summed E-state index contributed by atoms with van der Waals surface area (Å²) in [5, 5.41) is 7.58. The molecule has 1 aliphatic rings. The first-order chi connectivity index (χ1) is 14.6. The van der Waals surface area contributed by atoms with Gasteiger partial charge in [-0.25, -0.2) is 4.79 Å². The number of hydrogen-bond acceptors (Lipinski definition) is 5. The summed E-state index contributed by atoms with van der Waals surface area (Å²) in [5.41, 5.74) is 1.62. The van der Waals surface area contributed by atoms with Gasteiger partial charge in [0, 0.05) is 18.2 Å². The topological polar surface area (TPSA) is 114 Å². The predicted molar refractivity (Wildman–Crippen MR) is 117 cm³/mol. The predicted octanol–water partition coefficient (Wildman–Crippen LogP) is 2.80. The molecule has 0 saturated heterocycles. The first-order valence-electron chi connectivity index (χ1n) is 10.8. The second-order valence-electron chi connectivity index (χ2n) is 8.91. The summed E-state index contributed by atoms with van der Waals surface area (Å²) in [4.78, 5) is 48.0. The zero-order valence-electron chi connectivity index (χ0n) is 18.7. The van der Waals surface area contributed by atoms with Crippen LogP contribution in [0.4, 0.5) is 4.79 Å². The maximum absolute atomic E-state index is 12.2. The molecule has 0 bridgehead atoms. The Balaban J connectivity index is 1.68. The van der Waals surface area contributed by atoms with E-state index in [4.69, 9.17) is 4.74 Å². The summed E-state index contributed by atoms with van der Waals surface area (Å²) < 4.78 is 5.04. The van der Waals surface area contributed by atoms with Gasteiger partial charge in [-0.15, -0.1) is 0 Å². The Morgan fingerprint density at radius 1 is 1.06 bits per heavy atom. The Morgan fingerprint density at radius 2 is 1.68 bits per heavy atom. The van der Waals surface area contributed by atoms with Gasteiger partial charge in [0.05, 0.1) is 6.42 Å². The highest BCUT2D eigenvalue weighted by molar-refractivity contribution is 5.97. The number of carbonyl (C=O) groups excluding carboxylic acids is 4. The van der Waals surface area contributed by atoms with E-state index in [1.807, 2.05) is 12.1 Å². The van der Waals surface area contributed by atoms with E-state index in [9.17, 15) is 19.2 Å². The zero-order chi connectivity index (χ0) is 23.0. The monoisotopic (exact) mass is 431 g/mol. The number of carbonyl (C=O) groups is 4. The number of amides is 4. The molecule has 170 valence electrons. The van der Waals surface area contributed by atoms with Crippen molar-refractivity contribution < 1.29 is 23.9 Å². The highest BCUT2D eigenvalue weighted by atomic mass is 16.5. The van der Waals surface area contributed by atoms with Crippen molar-refractivity contribution in [2.24, 2.45) is 0 Å². The van der Waals surface area contributed by atoms with Crippen molar-refractivity contribution in [2.75, 3.05) is 6.54 Å². The van der Waals surface area contributed by atoms with Crippen molar-refractivity contribution in [2.45, 2.75) is 77.4 Å². The summed E-state index contributed by atoms with van der Waals surface area (Å²) in [6.45, 7) is 7.76. The molecule has 1 atom stereocenters. The zero-order valence-corrected chi connectivity index (χ0v) is 18.7. The van der Waals surface area contributed by atoms with Gasteiger partial charge < -0.3 is 15.4 Å². The standard InChI is InChI=1S/C23H33N3O5/c1-15(20(28)26-22(30)25-18-7-5-6-8-18)31-19(27)13-14-24-21(29)16-9-11-17(12-10-16)23(2,3)4/h9-12,15,18H,5-8,13-14H2,1-4H3,(H,24,29)(H2,25,26,28,30)/t15-/m0/s1. The molecular weight excluding hydrogens is 398 g/mol. The van der Waals surface area contributed by atoms with E-state index in [-0.39, 0.29) is 30.3 Å². The van der Waals surface area contributed by atoms with E-state index >= 15 is 0 Å². The van der Waals surface area contributed by atoms with Crippen LogP contribution in [-0.2, 0) is 19.7 Å². The molecule has 1 aromatic carbocycles. The lowest BCUT2D eigenvalue weighted by Crippen LogP contribution is -2.47. The van der Waals surface area contributed by atoms with Crippen LogP contribution in [0.25, 0.3) is 0 Å². The van der Waals surface area contributed by atoms with Gasteiger partial charge in [-0.2, -0.15) is 0 Å². The molecule has 0 aromatic heterocycles. The molecule has 1 saturated carbocycles. The fourth-order valence-corrected chi connectivity index (χ4v) is 3.32. The average molecular weight is 432 g/mol. The maximum Gasteiger partial charge on any atom is 0.321 e. The van der Waals surface area contributed by atoms with E-state index in [0.717, 1.165) is 31.2 Å². The lowest BCUT2D eigenvalue weighted by atomic mass is 9.87. The van der Waals surface area contributed by atoms with Crippen molar-refractivity contribution in [3.63, 3.8) is 0 Å². The van der Waals surface area contributed by atoms with Crippen LogP contribution in [-0.4, -0.2) is 42.5 Å². The molecule has 1 aromatic rings. The van der Waals surface area contributed by atoms with Crippen LogP contribution >= 0.6 is 0 Å². The number of rotatable bonds is 7. The maximum atomic E-state index is 12.2. The lowest BCUT2D eigenvalue weighted by Gasteiger charge is -2.19. The molecule has 31 heavy (non-hydrogen) atoms. The van der Waals surface area contributed by atoms with Crippen molar-refractivity contribution in [1.82, 2.24) is 16.0 Å². The number of esters is 1. The normalized spacial score (nSPS) is 15.1. The third kappa shape index (κ3) is 8.03. The van der Waals surface area contributed by atoms with Gasteiger partial charge in [-0.1, -0.05) is 45.7 Å². The number of nitrogens with one attached hydrogen (secondary N) is 3. The third-order valence-electron chi connectivity index (χ3n) is 5.23. The fraction of sp³-hybridized carbons (Fsp3) is 0.565. The first kappa shape index (κ1) is 24.4. The molecular formula is C23H33N3O5. The minimum atomic E-state index is -1.11. The Hall–Kier alpha value is -2.90. The number of urea groups is 1. The molecule has 2 rings (SSSR count). The van der Waals surface area contributed by atoms with Gasteiger partial charge in [0.25, 0.3) is 11.8 Å². The Bertz CT molecular complexity index is 792. The van der Waals surface area contributed by atoms with Crippen LogP contribution in [0.5, 0.6) is 0 Å². The Morgan fingerprint density at radius 3 is 2.26 bits per heavy atom. The number of ether oxygens (including phenoxy) is 1. The molecule has 3 N–H and O–H groups in total. The SMILES string of the molecule is C[C@H](OC(=O)CCNC(=O)c1ccc(C(C)(C)C)cc1)C(=O)NC(=O)NC1CCCC1. The van der Waals surface area contributed by atoms with Crippen LogP contribution < -0.4 is 16.0 Å². The first-order valence-corrected chi connectivity index (χ1v) is 10.8. The average Bonchev–Trinajstić information content (AvgIpc) is 3.20. The van der Waals surface area contributed by atoms with Gasteiger partial charge in [-0.3, -0.25) is 19.7 Å². The molecule has 0 radical (unpaired) electrons. The summed E-state index contributed by atoms with van der Waals surface area (Å²) in [7, 11) is 0. The van der Waals surface area contributed by atoms with Crippen LogP contribution in [0.3, 0.4) is 0 Å². The molecule has 0 aliphatic heterocycles. The number of hydrogen-bond donors (Lipinski definition) is 3. The van der Waals surface area contributed by atoms with Crippen LogP contribution in [0.1, 0.15) is 75.7 Å². The quantitative estimate of drug-likeness (QED) is 0.575. The largest absolute Gasteiger partial charge is 0.452 e. The van der Waals surface area contributed by atoms with Crippen LogP contribution in [0.2, 0.25) is 0 Å². The van der Waals surface area contributed by atoms with E-state index in [2.05, 4.69) is 36.7 Å². The molecule has 0 spiro atoms. The Labute approximate surface area is 183 Å². The lowest BCUT2D eigenvalue weighted by molar-refractivity contribution is -0.154.